The largest absolute Gasteiger partial charge is 0.487 e. The van der Waals surface area contributed by atoms with E-state index in [0.29, 0.717) is 22.4 Å². The fraction of sp³-hybridized carbons (Fsp3) is 0.0870. The predicted molar refractivity (Wildman–Crippen MR) is 110 cm³/mol. The summed E-state index contributed by atoms with van der Waals surface area (Å²) < 4.78 is 57.6. The highest BCUT2D eigenvalue weighted by Gasteiger charge is 2.33. The van der Waals surface area contributed by atoms with Gasteiger partial charge in [0.15, 0.2) is 0 Å². The lowest BCUT2D eigenvalue weighted by atomic mass is 10.0. The number of amides is 1. The Morgan fingerprint density at radius 2 is 1.84 bits per heavy atom. The van der Waals surface area contributed by atoms with E-state index in [2.05, 4.69) is 5.32 Å². The smallest absolute Gasteiger partial charge is 0.416 e. The Hall–Kier alpha value is -3.32. The highest BCUT2D eigenvalue weighted by atomic mass is 35.5. The van der Waals surface area contributed by atoms with Gasteiger partial charge < -0.3 is 10.1 Å². The van der Waals surface area contributed by atoms with Crippen LogP contribution >= 0.6 is 11.6 Å². The molecule has 0 unspecified atom stereocenters. The molecular weight excluding hydrogens is 434 g/mol. The van der Waals surface area contributed by atoms with Gasteiger partial charge in [-0.25, -0.2) is 4.39 Å². The van der Waals surface area contributed by atoms with Crippen molar-refractivity contribution in [3.8, 4) is 5.75 Å². The maximum absolute atomic E-state index is 13.3. The number of ether oxygens (including phenoxy) is 1. The molecule has 3 nitrogen and oxygen atoms in total. The van der Waals surface area contributed by atoms with E-state index in [9.17, 15) is 22.4 Å². The Morgan fingerprint density at radius 1 is 1.03 bits per heavy atom. The van der Waals surface area contributed by atoms with Crippen LogP contribution in [-0.2, 0) is 17.6 Å². The minimum atomic E-state index is -4.50. The summed E-state index contributed by atoms with van der Waals surface area (Å²) in [5, 5.41) is 2.73. The first-order chi connectivity index (χ1) is 14.7. The van der Waals surface area contributed by atoms with E-state index in [4.69, 9.17) is 16.3 Å². The molecule has 0 fully saturated rings. The van der Waals surface area contributed by atoms with Gasteiger partial charge in [-0.15, -0.1) is 0 Å². The number of alkyl halides is 3. The molecule has 1 aliphatic rings. The van der Waals surface area contributed by atoms with Crippen molar-refractivity contribution < 1.29 is 27.1 Å². The maximum atomic E-state index is 13.3. The Bertz CT molecular complexity index is 1200. The molecule has 1 aliphatic heterocycles. The Balaban J connectivity index is 1.56. The molecule has 3 aromatic carbocycles. The molecule has 0 atom stereocenters. The summed E-state index contributed by atoms with van der Waals surface area (Å²) in [6, 6.07) is 13.9. The normalized spacial score (nSPS) is 14.5. The summed E-state index contributed by atoms with van der Waals surface area (Å²) in [7, 11) is 0. The van der Waals surface area contributed by atoms with Crippen LogP contribution in [0, 0.1) is 5.82 Å². The minimum Gasteiger partial charge on any atom is -0.487 e. The molecule has 0 saturated heterocycles. The van der Waals surface area contributed by atoms with E-state index in [1.54, 1.807) is 30.3 Å². The molecule has 0 aliphatic carbocycles. The number of hydrogen-bond donors (Lipinski definition) is 1. The van der Waals surface area contributed by atoms with E-state index in [0.717, 1.165) is 12.1 Å². The highest BCUT2D eigenvalue weighted by Crippen LogP contribution is 2.38. The third kappa shape index (κ3) is 4.56. The molecule has 4 rings (SSSR count). The van der Waals surface area contributed by atoms with Gasteiger partial charge in [0.25, 0.3) is 5.91 Å². The van der Waals surface area contributed by atoms with Crippen molar-refractivity contribution in [1.82, 2.24) is 0 Å². The first-order valence-electron chi connectivity index (χ1n) is 9.12. The standard InChI is InChI=1S/C23H14ClF4NO2/c24-19-10-13(4-7-21(19)31-12-14-2-1-3-16(25)8-14)9-18-17-6-5-15(23(26,27)28)11-20(17)29-22(18)30/h1-11H,12H2,(H,29,30)/b18-9-. The SMILES string of the molecule is O=C1Nc2cc(C(F)(F)F)ccc2/C1=C/c1ccc(OCc2cccc(F)c2)c(Cl)c1. The van der Waals surface area contributed by atoms with E-state index < -0.39 is 17.6 Å². The summed E-state index contributed by atoms with van der Waals surface area (Å²) in [4.78, 5) is 12.3. The molecule has 1 N–H and O–H groups in total. The zero-order valence-corrected chi connectivity index (χ0v) is 16.5. The number of halogens is 5. The van der Waals surface area contributed by atoms with Gasteiger partial charge in [-0.3, -0.25) is 4.79 Å². The van der Waals surface area contributed by atoms with Crippen LogP contribution in [0.25, 0.3) is 11.6 Å². The molecule has 0 spiro atoms. The fourth-order valence-corrected chi connectivity index (χ4v) is 3.44. The maximum Gasteiger partial charge on any atom is 0.416 e. The highest BCUT2D eigenvalue weighted by molar-refractivity contribution is 6.35. The van der Waals surface area contributed by atoms with Gasteiger partial charge in [0.1, 0.15) is 18.2 Å². The van der Waals surface area contributed by atoms with E-state index >= 15 is 0 Å². The van der Waals surface area contributed by atoms with Gasteiger partial charge in [-0.05, 0) is 53.6 Å². The monoisotopic (exact) mass is 447 g/mol. The van der Waals surface area contributed by atoms with E-state index in [-0.39, 0.29) is 28.7 Å². The first-order valence-corrected chi connectivity index (χ1v) is 9.50. The van der Waals surface area contributed by atoms with Crippen molar-refractivity contribution in [1.29, 1.82) is 0 Å². The average molecular weight is 448 g/mol. The molecule has 8 heteroatoms. The van der Waals surface area contributed by atoms with Crippen molar-refractivity contribution in [2.45, 2.75) is 12.8 Å². The number of fused-ring (bicyclic) bond motifs is 1. The Morgan fingerprint density at radius 3 is 2.55 bits per heavy atom. The lowest BCUT2D eigenvalue weighted by Gasteiger charge is -2.09. The molecular formula is C23H14ClF4NO2. The predicted octanol–water partition coefficient (Wildman–Crippen LogP) is 6.57. The third-order valence-electron chi connectivity index (χ3n) is 4.68. The Kier molecular flexibility index (Phi) is 5.45. The molecule has 0 radical (unpaired) electrons. The quantitative estimate of drug-likeness (QED) is 0.363. The van der Waals surface area contributed by atoms with Gasteiger partial charge in [-0.2, -0.15) is 13.2 Å². The molecule has 0 aromatic heterocycles. The van der Waals surface area contributed by atoms with Crippen molar-refractivity contribution in [3.63, 3.8) is 0 Å². The van der Waals surface area contributed by atoms with Crippen LogP contribution in [-0.4, -0.2) is 5.91 Å². The number of anilines is 1. The molecule has 31 heavy (non-hydrogen) atoms. The second-order valence-corrected chi connectivity index (χ2v) is 7.29. The number of benzene rings is 3. The molecule has 1 amide bonds. The fourth-order valence-electron chi connectivity index (χ4n) is 3.19. The molecule has 0 saturated carbocycles. The van der Waals surface area contributed by atoms with Crippen molar-refractivity contribution in [2.24, 2.45) is 0 Å². The summed E-state index contributed by atoms with van der Waals surface area (Å²) in [5.74, 6) is -0.498. The lowest BCUT2D eigenvalue weighted by Crippen LogP contribution is -2.06. The van der Waals surface area contributed by atoms with Crippen molar-refractivity contribution in [3.05, 3.63) is 93.8 Å². The van der Waals surface area contributed by atoms with Crippen LogP contribution in [0.5, 0.6) is 5.75 Å². The van der Waals surface area contributed by atoms with Gasteiger partial charge >= 0.3 is 6.18 Å². The lowest BCUT2D eigenvalue weighted by molar-refractivity contribution is -0.137. The van der Waals surface area contributed by atoms with Crippen molar-refractivity contribution in [2.75, 3.05) is 5.32 Å². The van der Waals surface area contributed by atoms with Gasteiger partial charge in [0, 0.05) is 16.8 Å². The number of carbonyl (C=O) groups is 1. The van der Waals surface area contributed by atoms with Crippen LogP contribution in [0.15, 0.2) is 60.7 Å². The number of carbonyl (C=O) groups excluding carboxylic acids is 1. The average Bonchev–Trinajstić information content (AvgIpc) is 3.01. The van der Waals surface area contributed by atoms with Crippen LogP contribution in [0.1, 0.15) is 22.3 Å². The molecule has 0 bridgehead atoms. The van der Waals surface area contributed by atoms with Crippen molar-refractivity contribution >= 4 is 34.8 Å². The zero-order chi connectivity index (χ0) is 22.2. The summed E-state index contributed by atoms with van der Waals surface area (Å²) >= 11 is 6.27. The summed E-state index contributed by atoms with van der Waals surface area (Å²) in [6.45, 7) is 0.120. The van der Waals surface area contributed by atoms with Gasteiger partial charge in [-0.1, -0.05) is 35.9 Å². The number of nitrogens with one attached hydrogen (secondary N) is 1. The summed E-state index contributed by atoms with van der Waals surface area (Å²) in [6.07, 6.45) is -2.96. The molecule has 3 aromatic rings. The molecule has 158 valence electrons. The summed E-state index contributed by atoms with van der Waals surface area (Å²) in [5.41, 5.74) is 1.08. The number of hydrogen-bond acceptors (Lipinski definition) is 2. The van der Waals surface area contributed by atoms with E-state index in [1.807, 2.05) is 0 Å². The van der Waals surface area contributed by atoms with Crippen LogP contribution in [0.4, 0.5) is 23.2 Å². The third-order valence-corrected chi connectivity index (χ3v) is 4.98. The van der Waals surface area contributed by atoms with Crippen LogP contribution in [0.2, 0.25) is 5.02 Å². The molecule has 1 heterocycles. The second kappa shape index (κ2) is 8.07. The topological polar surface area (TPSA) is 38.3 Å². The number of rotatable bonds is 4. The second-order valence-electron chi connectivity index (χ2n) is 6.88. The zero-order valence-electron chi connectivity index (χ0n) is 15.8. The Labute approximate surface area is 179 Å². The minimum absolute atomic E-state index is 0.104. The van der Waals surface area contributed by atoms with Gasteiger partial charge in [0.05, 0.1) is 10.6 Å². The van der Waals surface area contributed by atoms with Crippen LogP contribution < -0.4 is 10.1 Å². The van der Waals surface area contributed by atoms with Crippen LogP contribution in [0.3, 0.4) is 0 Å². The first kappa shape index (κ1) is 20.9. The van der Waals surface area contributed by atoms with Gasteiger partial charge in [0.2, 0.25) is 0 Å². The van der Waals surface area contributed by atoms with E-state index in [1.165, 1.54) is 24.3 Å².